The van der Waals surface area contributed by atoms with Crippen molar-refractivity contribution in [1.82, 2.24) is 24.9 Å². The average Bonchev–Trinajstić information content (AvgIpc) is 3.01. The van der Waals surface area contributed by atoms with Gasteiger partial charge in [-0.3, -0.25) is 9.48 Å². The molecule has 0 aliphatic carbocycles. The van der Waals surface area contributed by atoms with Crippen molar-refractivity contribution in [3.63, 3.8) is 0 Å². The van der Waals surface area contributed by atoms with Gasteiger partial charge >= 0.3 is 0 Å². The van der Waals surface area contributed by atoms with Crippen LogP contribution >= 0.6 is 15.9 Å². The second-order valence-corrected chi connectivity index (χ2v) is 5.77. The number of aryl methyl sites for hydroxylation is 1. The van der Waals surface area contributed by atoms with E-state index in [4.69, 9.17) is 0 Å². The summed E-state index contributed by atoms with van der Waals surface area (Å²) in [6, 6.07) is 1.72. The van der Waals surface area contributed by atoms with E-state index in [2.05, 4.69) is 38.4 Å². The molecule has 0 spiro atoms. The van der Waals surface area contributed by atoms with E-state index in [9.17, 15) is 4.79 Å². The van der Waals surface area contributed by atoms with Crippen LogP contribution < -0.4 is 5.32 Å². The summed E-state index contributed by atoms with van der Waals surface area (Å²) in [5.74, 6) is -0.128. The van der Waals surface area contributed by atoms with Gasteiger partial charge in [-0.1, -0.05) is 13.3 Å². The van der Waals surface area contributed by atoms with E-state index < -0.39 is 0 Å². The van der Waals surface area contributed by atoms with Crippen molar-refractivity contribution < 1.29 is 4.79 Å². The van der Waals surface area contributed by atoms with Crippen LogP contribution in [0.3, 0.4) is 0 Å². The van der Waals surface area contributed by atoms with Crippen LogP contribution in [0.25, 0.3) is 0 Å². The zero-order valence-corrected chi connectivity index (χ0v) is 14.1. The molecule has 114 valence electrons. The summed E-state index contributed by atoms with van der Waals surface area (Å²) < 4.78 is 4.57. The quantitative estimate of drug-likeness (QED) is 0.811. The molecule has 6 nitrogen and oxygen atoms in total. The predicted octanol–water partition coefficient (Wildman–Crippen LogP) is 2.49. The van der Waals surface area contributed by atoms with Gasteiger partial charge in [-0.15, -0.1) is 0 Å². The van der Waals surface area contributed by atoms with E-state index in [1.54, 1.807) is 16.9 Å². The monoisotopic (exact) mass is 353 g/mol. The van der Waals surface area contributed by atoms with Gasteiger partial charge < -0.3 is 5.32 Å². The molecular weight excluding hydrogens is 334 g/mol. The number of carbonyl (C=O) groups excluding carboxylic acids is 1. The SMILES string of the molecule is CCCCNC(=O)c1ccn(Cn2nc(C)c(Br)c2C)n1. The van der Waals surface area contributed by atoms with Gasteiger partial charge in [0, 0.05) is 12.7 Å². The van der Waals surface area contributed by atoms with Gasteiger partial charge in [-0.05, 0) is 42.3 Å². The number of aromatic nitrogens is 4. The first-order valence-corrected chi connectivity index (χ1v) is 7.83. The molecule has 2 aromatic rings. The van der Waals surface area contributed by atoms with E-state index in [0.717, 1.165) is 28.7 Å². The Bertz CT molecular complexity index is 631. The van der Waals surface area contributed by atoms with Gasteiger partial charge in [0.2, 0.25) is 0 Å². The molecule has 2 heterocycles. The van der Waals surface area contributed by atoms with Crippen LogP contribution in [-0.2, 0) is 6.67 Å². The Morgan fingerprint density at radius 3 is 2.76 bits per heavy atom. The number of hydrogen-bond donors (Lipinski definition) is 1. The van der Waals surface area contributed by atoms with Gasteiger partial charge in [0.05, 0.1) is 15.9 Å². The van der Waals surface area contributed by atoms with E-state index >= 15 is 0 Å². The second kappa shape index (κ2) is 6.89. The van der Waals surface area contributed by atoms with E-state index in [0.29, 0.717) is 18.9 Å². The molecule has 2 rings (SSSR count). The molecule has 0 aromatic carbocycles. The highest BCUT2D eigenvalue weighted by Gasteiger charge is 2.11. The maximum atomic E-state index is 11.9. The highest BCUT2D eigenvalue weighted by atomic mass is 79.9. The maximum Gasteiger partial charge on any atom is 0.271 e. The minimum absolute atomic E-state index is 0.128. The van der Waals surface area contributed by atoms with Crippen molar-refractivity contribution in [2.75, 3.05) is 6.54 Å². The summed E-state index contributed by atoms with van der Waals surface area (Å²) in [7, 11) is 0. The maximum absolute atomic E-state index is 11.9. The molecule has 0 saturated carbocycles. The third kappa shape index (κ3) is 3.72. The third-order valence-corrected chi connectivity index (χ3v) is 4.41. The van der Waals surface area contributed by atoms with E-state index in [1.165, 1.54) is 0 Å². The Hall–Kier alpha value is -1.63. The van der Waals surface area contributed by atoms with Crippen molar-refractivity contribution in [1.29, 1.82) is 0 Å². The first kappa shape index (κ1) is 15.8. The summed E-state index contributed by atoms with van der Waals surface area (Å²) in [5, 5.41) is 11.6. The van der Waals surface area contributed by atoms with Crippen molar-refractivity contribution in [3.05, 3.63) is 33.8 Å². The Balaban J connectivity index is 2.03. The molecular formula is C14H20BrN5O. The molecule has 1 amide bonds. The molecule has 0 saturated heterocycles. The van der Waals surface area contributed by atoms with Gasteiger partial charge in [-0.25, -0.2) is 4.68 Å². The fourth-order valence-corrected chi connectivity index (χ4v) is 2.26. The molecule has 0 aliphatic heterocycles. The summed E-state index contributed by atoms with van der Waals surface area (Å²) in [5.41, 5.74) is 2.42. The molecule has 0 bridgehead atoms. The highest BCUT2D eigenvalue weighted by Crippen LogP contribution is 2.19. The second-order valence-electron chi connectivity index (χ2n) is 4.98. The number of amides is 1. The summed E-state index contributed by atoms with van der Waals surface area (Å²) in [6.07, 6.45) is 3.83. The van der Waals surface area contributed by atoms with Crippen LogP contribution in [0.15, 0.2) is 16.7 Å². The number of hydrogen-bond acceptors (Lipinski definition) is 3. The van der Waals surface area contributed by atoms with Crippen molar-refractivity contribution in [2.24, 2.45) is 0 Å². The Morgan fingerprint density at radius 1 is 1.38 bits per heavy atom. The molecule has 0 fully saturated rings. The molecule has 0 atom stereocenters. The Morgan fingerprint density at radius 2 is 2.14 bits per heavy atom. The normalized spacial score (nSPS) is 10.9. The van der Waals surface area contributed by atoms with Crippen molar-refractivity contribution >= 4 is 21.8 Å². The first-order chi connectivity index (χ1) is 10.0. The van der Waals surface area contributed by atoms with E-state index in [1.807, 2.05) is 18.5 Å². The molecule has 1 N–H and O–H groups in total. The van der Waals surface area contributed by atoms with Crippen LogP contribution in [0.1, 0.15) is 41.6 Å². The third-order valence-electron chi connectivity index (χ3n) is 3.26. The number of nitrogens with zero attached hydrogens (tertiary/aromatic N) is 4. The zero-order chi connectivity index (χ0) is 15.4. The van der Waals surface area contributed by atoms with Gasteiger partial charge in [0.1, 0.15) is 12.4 Å². The lowest BCUT2D eigenvalue weighted by Gasteiger charge is -2.05. The number of nitrogens with one attached hydrogen (secondary N) is 1. The van der Waals surface area contributed by atoms with Crippen LogP contribution in [0.5, 0.6) is 0 Å². The fraction of sp³-hybridized carbons (Fsp3) is 0.500. The molecule has 2 aromatic heterocycles. The molecule has 0 radical (unpaired) electrons. The smallest absolute Gasteiger partial charge is 0.271 e. The topological polar surface area (TPSA) is 64.7 Å². The zero-order valence-electron chi connectivity index (χ0n) is 12.6. The standard InChI is InChI=1S/C14H20BrN5O/c1-4-5-7-16-14(21)12-6-8-19(18-12)9-20-11(3)13(15)10(2)17-20/h6,8H,4-5,7,9H2,1-3H3,(H,16,21). The Kier molecular flexibility index (Phi) is 5.17. The van der Waals surface area contributed by atoms with Crippen molar-refractivity contribution in [2.45, 2.75) is 40.3 Å². The molecule has 0 unspecified atom stereocenters. The van der Waals surface area contributed by atoms with Crippen LogP contribution in [0.2, 0.25) is 0 Å². The average molecular weight is 354 g/mol. The number of rotatable bonds is 6. The number of carbonyl (C=O) groups is 1. The Labute approximate surface area is 132 Å². The number of unbranched alkanes of at least 4 members (excludes halogenated alkanes) is 1. The summed E-state index contributed by atoms with van der Waals surface area (Å²) >= 11 is 3.50. The minimum Gasteiger partial charge on any atom is -0.351 e. The lowest BCUT2D eigenvalue weighted by molar-refractivity contribution is 0.0947. The highest BCUT2D eigenvalue weighted by molar-refractivity contribution is 9.10. The van der Waals surface area contributed by atoms with Crippen LogP contribution in [0, 0.1) is 13.8 Å². The predicted molar refractivity (Wildman–Crippen MR) is 84.3 cm³/mol. The summed E-state index contributed by atoms with van der Waals surface area (Å²) in [4.78, 5) is 11.9. The lowest BCUT2D eigenvalue weighted by atomic mass is 10.3. The van der Waals surface area contributed by atoms with Gasteiger partial charge in [-0.2, -0.15) is 10.2 Å². The van der Waals surface area contributed by atoms with Crippen LogP contribution in [-0.4, -0.2) is 32.0 Å². The summed E-state index contributed by atoms with van der Waals surface area (Å²) in [6.45, 7) is 7.20. The largest absolute Gasteiger partial charge is 0.351 e. The molecule has 0 aliphatic rings. The van der Waals surface area contributed by atoms with Crippen LogP contribution in [0.4, 0.5) is 0 Å². The molecule has 21 heavy (non-hydrogen) atoms. The van der Waals surface area contributed by atoms with Crippen molar-refractivity contribution in [3.8, 4) is 0 Å². The van der Waals surface area contributed by atoms with Gasteiger partial charge in [0.15, 0.2) is 0 Å². The molecule has 7 heteroatoms. The van der Waals surface area contributed by atoms with Gasteiger partial charge in [0.25, 0.3) is 5.91 Å². The number of halogens is 1. The minimum atomic E-state index is -0.128. The first-order valence-electron chi connectivity index (χ1n) is 7.04. The lowest BCUT2D eigenvalue weighted by Crippen LogP contribution is -2.25. The van der Waals surface area contributed by atoms with E-state index in [-0.39, 0.29) is 5.91 Å². The fourth-order valence-electron chi connectivity index (χ4n) is 1.98.